The minimum absolute atomic E-state index is 0.301. The van der Waals surface area contributed by atoms with Crippen molar-refractivity contribution < 1.29 is 4.39 Å². The van der Waals surface area contributed by atoms with Gasteiger partial charge in [0.25, 0.3) is 0 Å². The third kappa shape index (κ3) is 2.47. The molecule has 3 rings (SSSR count). The second-order valence-corrected chi connectivity index (χ2v) is 5.88. The van der Waals surface area contributed by atoms with E-state index in [1.54, 1.807) is 6.07 Å². The molecule has 104 valence electrons. The highest BCUT2D eigenvalue weighted by Gasteiger charge is 2.34. The molecule has 0 spiro atoms. The summed E-state index contributed by atoms with van der Waals surface area (Å²) in [6.07, 6.45) is 2.61. The highest BCUT2D eigenvalue weighted by molar-refractivity contribution is 5.47. The molecule has 0 amide bonds. The van der Waals surface area contributed by atoms with E-state index in [2.05, 4.69) is 16.7 Å². The maximum absolute atomic E-state index is 13.5. The Morgan fingerprint density at radius 2 is 2.21 bits per heavy atom. The third-order valence-corrected chi connectivity index (χ3v) is 4.58. The lowest BCUT2D eigenvalue weighted by atomic mass is 10.1. The van der Waals surface area contributed by atoms with Crippen molar-refractivity contribution >= 4 is 5.69 Å². The Morgan fingerprint density at radius 1 is 1.37 bits per heavy atom. The van der Waals surface area contributed by atoms with Crippen molar-refractivity contribution in [1.82, 2.24) is 9.80 Å². The van der Waals surface area contributed by atoms with Crippen LogP contribution in [0.15, 0.2) is 18.2 Å². The predicted molar refractivity (Wildman–Crippen MR) is 75.3 cm³/mol. The predicted octanol–water partition coefficient (Wildman–Crippen LogP) is 2.08. The number of rotatable bonds is 2. The number of nitrogens with zero attached hydrogens (tertiary/aromatic N) is 2. The number of hydrogen-bond donors (Lipinski definition) is 1. The largest absolute Gasteiger partial charge is 0.396 e. The van der Waals surface area contributed by atoms with Gasteiger partial charge in [0.1, 0.15) is 5.82 Å². The molecule has 0 aromatic heterocycles. The van der Waals surface area contributed by atoms with Crippen LogP contribution in [0.2, 0.25) is 0 Å². The van der Waals surface area contributed by atoms with Crippen LogP contribution in [0.4, 0.5) is 10.1 Å². The van der Waals surface area contributed by atoms with Gasteiger partial charge in [-0.15, -0.1) is 0 Å². The van der Waals surface area contributed by atoms with E-state index in [1.165, 1.54) is 25.5 Å². The molecule has 2 aliphatic heterocycles. The lowest BCUT2D eigenvalue weighted by Gasteiger charge is -2.42. The van der Waals surface area contributed by atoms with E-state index >= 15 is 0 Å². The van der Waals surface area contributed by atoms with Gasteiger partial charge >= 0.3 is 0 Å². The number of nitrogens with two attached hydrogens (primary N) is 1. The van der Waals surface area contributed by atoms with Crippen LogP contribution in [0, 0.1) is 5.82 Å². The fourth-order valence-corrected chi connectivity index (χ4v) is 3.41. The van der Waals surface area contributed by atoms with Crippen molar-refractivity contribution in [3.63, 3.8) is 0 Å². The molecular formula is C15H22FN3. The third-order valence-electron chi connectivity index (χ3n) is 4.58. The zero-order chi connectivity index (χ0) is 13.4. The smallest absolute Gasteiger partial charge is 0.146 e. The lowest BCUT2D eigenvalue weighted by molar-refractivity contribution is 0.0541. The van der Waals surface area contributed by atoms with Gasteiger partial charge in [-0.3, -0.25) is 9.80 Å². The molecule has 2 fully saturated rings. The first-order valence-electron chi connectivity index (χ1n) is 7.16. The standard InChI is InChI=1S/C15H22FN3/c1-11-8-18-7-3-5-13(18)10-19(11)9-12-4-2-6-14(16)15(12)17/h2,4,6,11,13H,3,5,7-10,17H2,1H3. The van der Waals surface area contributed by atoms with E-state index in [4.69, 9.17) is 5.73 Å². The molecule has 1 aromatic carbocycles. The second kappa shape index (κ2) is 5.10. The van der Waals surface area contributed by atoms with Crippen LogP contribution < -0.4 is 5.73 Å². The van der Waals surface area contributed by atoms with Crippen LogP contribution >= 0.6 is 0 Å². The molecule has 2 unspecified atom stereocenters. The van der Waals surface area contributed by atoms with Crippen molar-refractivity contribution in [3.8, 4) is 0 Å². The van der Waals surface area contributed by atoms with E-state index in [0.717, 1.165) is 25.2 Å². The summed E-state index contributed by atoms with van der Waals surface area (Å²) in [5.41, 5.74) is 7.06. The Hall–Kier alpha value is -1.13. The van der Waals surface area contributed by atoms with E-state index in [-0.39, 0.29) is 5.82 Å². The van der Waals surface area contributed by atoms with E-state index in [9.17, 15) is 4.39 Å². The van der Waals surface area contributed by atoms with Gasteiger partial charge in [0, 0.05) is 31.7 Å². The Labute approximate surface area is 114 Å². The molecule has 0 radical (unpaired) electrons. The van der Waals surface area contributed by atoms with Crippen LogP contribution in [0.5, 0.6) is 0 Å². The number of fused-ring (bicyclic) bond motifs is 1. The summed E-state index contributed by atoms with van der Waals surface area (Å²) >= 11 is 0. The van der Waals surface area contributed by atoms with Gasteiger partial charge in [-0.1, -0.05) is 12.1 Å². The fourth-order valence-electron chi connectivity index (χ4n) is 3.41. The maximum atomic E-state index is 13.5. The number of halogens is 1. The first-order valence-corrected chi connectivity index (χ1v) is 7.16. The monoisotopic (exact) mass is 263 g/mol. The molecule has 3 nitrogen and oxygen atoms in total. The van der Waals surface area contributed by atoms with E-state index < -0.39 is 0 Å². The number of nitrogen functional groups attached to an aromatic ring is 1. The zero-order valence-corrected chi connectivity index (χ0v) is 11.5. The number of hydrogen-bond acceptors (Lipinski definition) is 3. The van der Waals surface area contributed by atoms with Crippen molar-refractivity contribution in [1.29, 1.82) is 0 Å². The van der Waals surface area contributed by atoms with Gasteiger partial charge in [0.15, 0.2) is 0 Å². The van der Waals surface area contributed by atoms with Gasteiger partial charge in [0.2, 0.25) is 0 Å². The Bertz CT molecular complexity index is 463. The van der Waals surface area contributed by atoms with Gasteiger partial charge in [0.05, 0.1) is 5.69 Å². The molecule has 1 aromatic rings. The summed E-state index contributed by atoms with van der Waals surface area (Å²) in [6.45, 7) is 6.46. The van der Waals surface area contributed by atoms with Crippen LogP contribution in [0.3, 0.4) is 0 Å². The van der Waals surface area contributed by atoms with E-state index in [0.29, 0.717) is 17.8 Å². The molecule has 0 bridgehead atoms. The van der Waals surface area contributed by atoms with Gasteiger partial charge in [-0.05, 0) is 37.9 Å². The SMILES string of the molecule is CC1CN2CCCC2CN1Cc1cccc(F)c1N. The molecule has 2 heterocycles. The quantitative estimate of drug-likeness (QED) is 0.829. The number of piperazine rings is 1. The highest BCUT2D eigenvalue weighted by atomic mass is 19.1. The topological polar surface area (TPSA) is 32.5 Å². The summed E-state index contributed by atoms with van der Waals surface area (Å²) in [6, 6.07) is 6.31. The molecule has 0 saturated carbocycles. The Balaban J connectivity index is 1.73. The molecule has 19 heavy (non-hydrogen) atoms. The molecule has 2 N–H and O–H groups in total. The average molecular weight is 263 g/mol. The summed E-state index contributed by atoms with van der Waals surface area (Å²) in [7, 11) is 0. The minimum atomic E-state index is -0.301. The molecule has 0 aliphatic carbocycles. The lowest BCUT2D eigenvalue weighted by Crippen LogP contribution is -2.54. The summed E-state index contributed by atoms with van der Waals surface area (Å²) < 4.78 is 13.5. The fraction of sp³-hybridized carbons (Fsp3) is 0.600. The summed E-state index contributed by atoms with van der Waals surface area (Å²) in [4.78, 5) is 5.04. The number of anilines is 1. The highest BCUT2D eigenvalue weighted by Crippen LogP contribution is 2.27. The summed E-state index contributed by atoms with van der Waals surface area (Å²) in [5, 5.41) is 0. The first-order chi connectivity index (χ1) is 9.15. The molecule has 2 aliphatic rings. The van der Waals surface area contributed by atoms with Gasteiger partial charge in [-0.2, -0.15) is 0 Å². The van der Waals surface area contributed by atoms with Crippen molar-refractivity contribution in [2.75, 3.05) is 25.4 Å². The zero-order valence-electron chi connectivity index (χ0n) is 11.5. The van der Waals surface area contributed by atoms with Gasteiger partial charge in [-0.25, -0.2) is 4.39 Å². The van der Waals surface area contributed by atoms with Crippen molar-refractivity contribution in [2.24, 2.45) is 0 Å². The van der Waals surface area contributed by atoms with Crippen molar-refractivity contribution in [3.05, 3.63) is 29.6 Å². The molecule has 2 saturated heterocycles. The maximum Gasteiger partial charge on any atom is 0.146 e. The molecule has 2 atom stereocenters. The Morgan fingerprint density at radius 3 is 3.05 bits per heavy atom. The normalized spacial score (nSPS) is 28.5. The average Bonchev–Trinajstić information content (AvgIpc) is 2.82. The second-order valence-electron chi connectivity index (χ2n) is 5.88. The first kappa shape index (κ1) is 12.9. The molecule has 4 heteroatoms. The van der Waals surface area contributed by atoms with E-state index in [1.807, 2.05) is 6.07 Å². The van der Waals surface area contributed by atoms with Crippen LogP contribution in [-0.4, -0.2) is 41.5 Å². The van der Waals surface area contributed by atoms with Crippen LogP contribution in [-0.2, 0) is 6.54 Å². The van der Waals surface area contributed by atoms with Gasteiger partial charge < -0.3 is 5.73 Å². The summed E-state index contributed by atoms with van der Waals surface area (Å²) in [5.74, 6) is -0.301. The Kier molecular flexibility index (Phi) is 3.46. The number of benzene rings is 1. The number of para-hydroxylation sites is 1. The minimum Gasteiger partial charge on any atom is -0.396 e. The van der Waals surface area contributed by atoms with Crippen LogP contribution in [0.25, 0.3) is 0 Å². The van der Waals surface area contributed by atoms with Crippen LogP contribution in [0.1, 0.15) is 25.3 Å². The molecular weight excluding hydrogens is 241 g/mol. The van der Waals surface area contributed by atoms with Crippen molar-refractivity contribution in [2.45, 2.75) is 38.4 Å².